The summed E-state index contributed by atoms with van der Waals surface area (Å²) in [7, 11) is -2.06. The molecule has 0 unspecified atom stereocenters. The summed E-state index contributed by atoms with van der Waals surface area (Å²) in [5.41, 5.74) is 0. The van der Waals surface area contributed by atoms with E-state index < -0.39 is 9.17 Å². The van der Waals surface area contributed by atoms with Gasteiger partial charge in [-0.1, -0.05) is 84.0 Å². The van der Waals surface area contributed by atoms with Crippen molar-refractivity contribution >= 4 is 9.17 Å². The molecule has 0 aliphatic carbocycles. The van der Waals surface area contributed by atoms with Crippen LogP contribution in [0.5, 0.6) is 0 Å². The van der Waals surface area contributed by atoms with Crippen LogP contribution in [-0.2, 0) is 13.3 Å². The molecule has 118 valence electrons. The Morgan fingerprint density at radius 2 is 1.10 bits per heavy atom. The molecule has 0 saturated carbocycles. The van der Waals surface area contributed by atoms with Gasteiger partial charge in [-0.2, -0.15) is 0 Å². The van der Waals surface area contributed by atoms with Crippen LogP contribution in [0.2, 0.25) is 0 Å². The Labute approximate surface area is 126 Å². The molecule has 0 aromatic rings. The molecule has 4 heteroatoms. The molecule has 0 aromatic carbocycles. The molecule has 1 aliphatic heterocycles. The minimum Gasteiger partial charge on any atom is -0.461 e. The van der Waals surface area contributed by atoms with Crippen molar-refractivity contribution in [2.45, 2.75) is 103 Å². The van der Waals surface area contributed by atoms with Gasteiger partial charge >= 0.3 is 9.17 Å². The summed E-state index contributed by atoms with van der Waals surface area (Å²) in [6.45, 7) is 2.27. The number of hydrogen-bond acceptors (Lipinski definition) is 3. The first-order chi connectivity index (χ1) is 9.83. The van der Waals surface area contributed by atoms with Gasteiger partial charge in [0, 0.05) is 6.42 Å². The lowest BCUT2D eigenvalue weighted by Gasteiger charge is -2.25. The second kappa shape index (κ2) is 12.4. The third-order valence-electron chi connectivity index (χ3n) is 4.00. The Morgan fingerprint density at radius 1 is 0.700 bits per heavy atom. The van der Waals surface area contributed by atoms with Crippen molar-refractivity contribution in [1.29, 1.82) is 0 Å². The van der Waals surface area contributed by atoms with Crippen LogP contribution in [0.3, 0.4) is 0 Å². The molecule has 1 heterocycles. The van der Waals surface area contributed by atoms with Crippen LogP contribution < -0.4 is 0 Å². The minimum absolute atomic E-state index is 0.158. The highest BCUT2D eigenvalue weighted by molar-refractivity contribution is 6.28. The molecule has 1 saturated heterocycles. The summed E-state index contributed by atoms with van der Waals surface area (Å²) in [5, 5.41) is 0. The molecule has 0 aromatic heterocycles. The molecule has 0 bridgehead atoms. The fourth-order valence-corrected chi connectivity index (χ4v) is 3.35. The van der Waals surface area contributed by atoms with Crippen molar-refractivity contribution in [3.63, 3.8) is 0 Å². The predicted molar refractivity (Wildman–Crippen MR) is 82.7 cm³/mol. The van der Waals surface area contributed by atoms with Crippen LogP contribution in [0.4, 0.5) is 0 Å². The first-order valence-corrected chi connectivity index (χ1v) is 9.92. The van der Waals surface area contributed by atoms with Crippen LogP contribution in [0.25, 0.3) is 0 Å². The van der Waals surface area contributed by atoms with E-state index in [0.717, 1.165) is 12.8 Å². The number of rotatable bonds is 14. The van der Waals surface area contributed by atoms with Crippen LogP contribution in [-0.4, -0.2) is 15.5 Å². The van der Waals surface area contributed by atoms with Crippen molar-refractivity contribution < 1.29 is 13.3 Å². The summed E-state index contributed by atoms with van der Waals surface area (Å²) in [4.78, 5) is 0. The van der Waals surface area contributed by atoms with E-state index in [9.17, 15) is 4.46 Å². The van der Waals surface area contributed by atoms with E-state index in [-0.39, 0.29) is 6.29 Å². The summed E-state index contributed by atoms with van der Waals surface area (Å²) in [5.74, 6) is 0. The summed E-state index contributed by atoms with van der Waals surface area (Å²) in [6.07, 6.45) is 18.5. The zero-order chi connectivity index (χ0) is 14.5. The van der Waals surface area contributed by atoms with Crippen molar-refractivity contribution in [2.24, 2.45) is 0 Å². The van der Waals surface area contributed by atoms with Gasteiger partial charge in [0.1, 0.15) is 0 Å². The maximum Gasteiger partial charge on any atom is 0.772 e. The number of unbranched alkanes of at least 4 members (excludes halogenated alkanes) is 12. The van der Waals surface area contributed by atoms with Gasteiger partial charge in [0.2, 0.25) is 6.29 Å². The average molecular weight is 301 g/mol. The normalized spacial score (nSPS) is 14.8. The van der Waals surface area contributed by atoms with E-state index in [4.69, 9.17) is 8.85 Å². The molecule has 1 fully saturated rings. The van der Waals surface area contributed by atoms with Gasteiger partial charge in [0.15, 0.2) is 0 Å². The Hall–Kier alpha value is -0.383. The van der Waals surface area contributed by atoms with Gasteiger partial charge in [-0.25, -0.2) is 0 Å². The van der Waals surface area contributed by atoms with Crippen molar-refractivity contribution in [3.05, 3.63) is 0 Å². The molecular weight excluding hydrogens is 268 g/mol. The van der Waals surface area contributed by atoms with Crippen molar-refractivity contribution in [2.75, 3.05) is 0 Å². The molecule has 0 N–H and O–H groups in total. The Kier molecular flexibility index (Phi) is 10.9. The first-order valence-electron chi connectivity index (χ1n) is 8.70. The zero-order valence-electron chi connectivity index (χ0n) is 13.2. The third-order valence-corrected chi connectivity index (χ3v) is 4.91. The predicted octanol–water partition coefficient (Wildman–Crippen LogP) is 5.26. The van der Waals surface area contributed by atoms with Crippen LogP contribution in [0, 0.1) is 0 Å². The van der Waals surface area contributed by atoms with Crippen molar-refractivity contribution in [3.8, 4) is 0 Å². The van der Waals surface area contributed by atoms with E-state index in [1.54, 1.807) is 0 Å². The lowest BCUT2D eigenvalue weighted by Crippen LogP contribution is -2.38. The summed E-state index contributed by atoms with van der Waals surface area (Å²) in [6, 6.07) is 0. The monoisotopic (exact) mass is 300 g/mol. The molecule has 0 amide bonds. The molecule has 0 radical (unpaired) electrons. The maximum atomic E-state index is 10.6. The lowest BCUT2D eigenvalue weighted by atomic mass is 10.0. The van der Waals surface area contributed by atoms with Crippen LogP contribution >= 0.6 is 0 Å². The zero-order valence-corrected chi connectivity index (χ0v) is 14.2. The van der Waals surface area contributed by atoms with Crippen molar-refractivity contribution in [1.82, 2.24) is 0 Å². The Morgan fingerprint density at radius 3 is 1.50 bits per heavy atom. The molecule has 3 nitrogen and oxygen atoms in total. The largest absolute Gasteiger partial charge is 0.772 e. The highest BCUT2D eigenvalue weighted by Gasteiger charge is 2.32. The molecule has 1 rings (SSSR count). The summed E-state index contributed by atoms with van der Waals surface area (Å²) < 4.78 is 20.5. The standard InChI is InChI=1S/C16H32O3Si/c1-2-3-4-5-6-7-8-9-10-11-12-13-14-15-16-18-20(17)19-16/h16H,2-15H2,1H3. The van der Waals surface area contributed by atoms with Gasteiger partial charge < -0.3 is 8.85 Å². The van der Waals surface area contributed by atoms with E-state index in [2.05, 4.69) is 6.92 Å². The number of hydrogen-bond donors (Lipinski definition) is 0. The van der Waals surface area contributed by atoms with Gasteiger partial charge in [-0.3, -0.25) is 4.46 Å². The SMILES string of the molecule is CCCCCCCCCCCCCCCC1O[Si](=O)O1. The van der Waals surface area contributed by atoms with Gasteiger partial charge in [0.25, 0.3) is 0 Å². The topological polar surface area (TPSA) is 35.5 Å². The summed E-state index contributed by atoms with van der Waals surface area (Å²) >= 11 is 0. The second-order valence-corrected chi connectivity index (χ2v) is 6.92. The Bertz CT molecular complexity index is 238. The average Bonchev–Trinajstić information content (AvgIpc) is 2.41. The Balaban J connectivity index is 1.65. The fraction of sp³-hybridized carbons (Fsp3) is 1.00. The van der Waals surface area contributed by atoms with E-state index >= 15 is 0 Å². The highest BCUT2D eigenvalue weighted by Crippen LogP contribution is 2.17. The molecule has 20 heavy (non-hydrogen) atoms. The van der Waals surface area contributed by atoms with Gasteiger partial charge in [-0.05, 0) is 6.42 Å². The molecule has 0 spiro atoms. The maximum absolute atomic E-state index is 10.6. The van der Waals surface area contributed by atoms with Crippen LogP contribution in [0.1, 0.15) is 96.8 Å². The minimum atomic E-state index is -2.06. The van der Waals surface area contributed by atoms with E-state index in [1.165, 1.54) is 77.0 Å². The van der Waals surface area contributed by atoms with Gasteiger partial charge in [-0.15, -0.1) is 0 Å². The second-order valence-electron chi connectivity index (χ2n) is 5.95. The molecular formula is C16H32O3Si. The fourth-order valence-electron chi connectivity index (χ4n) is 2.67. The lowest BCUT2D eigenvalue weighted by molar-refractivity contribution is -0.127. The van der Waals surface area contributed by atoms with E-state index in [0.29, 0.717) is 0 Å². The van der Waals surface area contributed by atoms with E-state index in [1.807, 2.05) is 0 Å². The third kappa shape index (κ3) is 9.51. The quantitative estimate of drug-likeness (QED) is 0.324. The smallest absolute Gasteiger partial charge is 0.461 e. The highest BCUT2D eigenvalue weighted by atomic mass is 28.3. The first kappa shape index (κ1) is 17.7. The molecule has 0 atom stereocenters. The molecule has 1 aliphatic rings. The van der Waals surface area contributed by atoms with Crippen LogP contribution in [0.15, 0.2) is 0 Å². The van der Waals surface area contributed by atoms with Gasteiger partial charge in [0.05, 0.1) is 0 Å².